The fraction of sp³-hybridized carbons (Fsp3) is 0.176. The van der Waals surface area contributed by atoms with E-state index in [0.717, 1.165) is 0 Å². The summed E-state index contributed by atoms with van der Waals surface area (Å²) in [7, 11) is 0. The molecular weight excluding hydrogens is 346 g/mol. The Labute approximate surface area is 180 Å². The third kappa shape index (κ3) is 6.14. The van der Waals surface area contributed by atoms with Crippen molar-refractivity contribution in [3.8, 4) is 0 Å². The molecule has 0 saturated carbocycles. The molecule has 7 heteroatoms. The van der Waals surface area contributed by atoms with Gasteiger partial charge in [-0.1, -0.05) is 60.7 Å². The van der Waals surface area contributed by atoms with Crippen molar-refractivity contribution in [1.82, 2.24) is 0 Å². The van der Waals surface area contributed by atoms with Gasteiger partial charge in [0.1, 0.15) is 5.71 Å². The molecule has 0 heterocycles. The van der Waals surface area contributed by atoms with Crippen LogP contribution in [0.1, 0.15) is 11.1 Å². The van der Waals surface area contributed by atoms with E-state index in [0.29, 0.717) is 5.56 Å². The molecule has 0 fully saturated rings. The van der Waals surface area contributed by atoms with E-state index in [2.05, 4.69) is 4.99 Å². The van der Waals surface area contributed by atoms with Crippen LogP contribution in [0.4, 0.5) is 13.2 Å². The predicted molar refractivity (Wildman–Crippen MR) is 87.8 cm³/mol. The van der Waals surface area contributed by atoms with Crippen LogP contribution in [0.5, 0.6) is 0 Å². The van der Waals surface area contributed by atoms with Crippen LogP contribution in [-0.2, 0) is 11.2 Å². The van der Waals surface area contributed by atoms with Crippen molar-refractivity contribution in [3.63, 3.8) is 0 Å². The third-order valence-corrected chi connectivity index (χ3v) is 3.16. The second-order valence-electron chi connectivity index (χ2n) is 4.89. The van der Waals surface area contributed by atoms with Crippen LogP contribution in [0.3, 0.4) is 0 Å². The number of hydrogen-bond acceptors (Lipinski definition) is 2. The van der Waals surface area contributed by atoms with Gasteiger partial charge in [-0.25, -0.2) is 4.79 Å². The molecule has 3 nitrogen and oxygen atoms in total. The molecule has 0 saturated heterocycles. The van der Waals surface area contributed by atoms with Crippen molar-refractivity contribution in [2.24, 2.45) is 4.99 Å². The second-order valence-corrected chi connectivity index (χ2v) is 4.89. The standard InChI is InChI=1S/C17H14F3NO2.K.H/c18-17(19,20)15(13-9-5-2-6-10-13)21-14(16(22)23)11-12-7-3-1-4-8-12;;/h1-10,14H,11H2,(H,22,23);;/t14-;;/m0../s1. The Morgan fingerprint density at radius 3 is 1.96 bits per heavy atom. The Balaban J connectivity index is 0.00000288. The first-order chi connectivity index (χ1) is 10.9. The number of halogens is 3. The first kappa shape index (κ1) is 21.0. The minimum atomic E-state index is -4.73. The van der Waals surface area contributed by atoms with Crippen molar-refractivity contribution >= 4 is 63.1 Å². The predicted octanol–water partition coefficient (Wildman–Crippen LogP) is 3.09. The van der Waals surface area contributed by atoms with Crippen molar-refractivity contribution in [1.29, 1.82) is 0 Å². The van der Waals surface area contributed by atoms with Gasteiger partial charge in [-0.2, -0.15) is 13.2 Å². The van der Waals surface area contributed by atoms with Crippen LogP contribution in [0, 0.1) is 0 Å². The van der Waals surface area contributed by atoms with Crippen LogP contribution in [0.25, 0.3) is 0 Å². The van der Waals surface area contributed by atoms with Gasteiger partial charge in [-0.15, -0.1) is 0 Å². The molecule has 0 aromatic heterocycles. The Morgan fingerprint density at radius 2 is 1.50 bits per heavy atom. The molecule has 2 aromatic rings. The molecule has 1 atom stereocenters. The van der Waals surface area contributed by atoms with Crippen LogP contribution >= 0.6 is 0 Å². The van der Waals surface area contributed by atoms with E-state index in [1.54, 1.807) is 36.4 Å². The Bertz CT molecular complexity index is 688. The normalized spacial score (nSPS) is 13.0. The van der Waals surface area contributed by atoms with Crippen molar-refractivity contribution in [2.45, 2.75) is 18.6 Å². The molecule has 0 amide bonds. The number of nitrogens with zero attached hydrogens (tertiary/aromatic N) is 1. The summed E-state index contributed by atoms with van der Waals surface area (Å²) in [5, 5.41) is 9.22. The number of carbonyl (C=O) groups is 1. The number of carboxylic acids is 1. The molecular formula is C17H15F3KNO2. The molecule has 0 aliphatic carbocycles. The van der Waals surface area contributed by atoms with Crippen molar-refractivity contribution in [2.75, 3.05) is 0 Å². The zero-order valence-electron chi connectivity index (χ0n) is 12.0. The summed E-state index contributed by atoms with van der Waals surface area (Å²) in [5.74, 6) is -1.40. The van der Waals surface area contributed by atoms with E-state index in [9.17, 15) is 23.1 Å². The fourth-order valence-electron chi connectivity index (χ4n) is 2.09. The average molecular weight is 361 g/mol. The summed E-state index contributed by atoms with van der Waals surface area (Å²) >= 11 is 0. The molecule has 0 unspecified atom stereocenters. The Kier molecular flexibility index (Phi) is 8.31. The molecule has 24 heavy (non-hydrogen) atoms. The summed E-state index contributed by atoms with van der Waals surface area (Å²) in [5.41, 5.74) is -0.723. The molecule has 0 radical (unpaired) electrons. The van der Waals surface area contributed by atoms with Gasteiger partial charge in [0, 0.05) is 12.0 Å². The molecule has 2 aromatic carbocycles. The first-order valence-corrected chi connectivity index (χ1v) is 6.85. The number of alkyl halides is 3. The van der Waals surface area contributed by atoms with Crippen LogP contribution in [-0.4, -0.2) is 80.4 Å². The number of aliphatic carboxylic acids is 1. The van der Waals surface area contributed by atoms with Gasteiger partial charge in [0.05, 0.1) is 0 Å². The number of carboxylic acid groups (broad SMARTS) is 1. The summed E-state index contributed by atoms with van der Waals surface area (Å²) in [4.78, 5) is 14.8. The minimum absolute atomic E-state index is 0. The van der Waals surface area contributed by atoms with Crippen LogP contribution in [0.15, 0.2) is 65.7 Å². The molecule has 1 N–H and O–H groups in total. The third-order valence-electron chi connectivity index (χ3n) is 3.16. The van der Waals surface area contributed by atoms with Gasteiger partial charge in [0.15, 0.2) is 6.04 Å². The number of aliphatic imine (C=N–C) groups is 1. The van der Waals surface area contributed by atoms with Gasteiger partial charge >= 0.3 is 63.5 Å². The van der Waals surface area contributed by atoms with Gasteiger partial charge in [-0.3, -0.25) is 4.99 Å². The molecule has 2 rings (SSSR count). The van der Waals surface area contributed by atoms with E-state index < -0.39 is 23.9 Å². The number of benzene rings is 2. The number of rotatable bonds is 5. The van der Waals surface area contributed by atoms with Crippen molar-refractivity contribution in [3.05, 3.63) is 71.8 Å². The Morgan fingerprint density at radius 1 is 1.00 bits per heavy atom. The zero-order chi connectivity index (χ0) is 16.9. The van der Waals surface area contributed by atoms with Gasteiger partial charge < -0.3 is 5.11 Å². The zero-order valence-corrected chi connectivity index (χ0v) is 12.0. The maximum atomic E-state index is 13.2. The Hall–Kier alpha value is -0.994. The molecule has 0 bridgehead atoms. The summed E-state index contributed by atoms with van der Waals surface area (Å²) in [6.45, 7) is 0. The van der Waals surface area contributed by atoms with Gasteiger partial charge in [0.25, 0.3) is 0 Å². The monoisotopic (exact) mass is 361 g/mol. The van der Waals surface area contributed by atoms with Crippen LogP contribution in [0.2, 0.25) is 0 Å². The molecule has 0 aliphatic rings. The number of hydrogen-bond donors (Lipinski definition) is 1. The van der Waals surface area contributed by atoms with E-state index in [1.165, 1.54) is 24.3 Å². The van der Waals surface area contributed by atoms with Gasteiger partial charge in [0.2, 0.25) is 0 Å². The second kappa shape index (κ2) is 9.48. The van der Waals surface area contributed by atoms with Crippen LogP contribution < -0.4 is 0 Å². The maximum absolute atomic E-state index is 13.2. The van der Waals surface area contributed by atoms with Gasteiger partial charge in [-0.05, 0) is 5.56 Å². The quantitative estimate of drug-likeness (QED) is 0.657. The molecule has 122 valence electrons. The van der Waals surface area contributed by atoms with E-state index in [1.807, 2.05) is 0 Å². The fourth-order valence-corrected chi connectivity index (χ4v) is 2.09. The van der Waals surface area contributed by atoms with E-state index >= 15 is 0 Å². The van der Waals surface area contributed by atoms with E-state index in [4.69, 9.17) is 0 Å². The topological polar surface area (TPSA) is 49.7 Å². The van der Waals surface area contributed by atoms with E-state index in [-0.39, 0.29) is 63.4 Å². The molecule has 0 spiro atoms. The summed E-state index contributed by atoms with van der Waals surface area (Å²) < 4.78 is 39.7. The van der Waals surface area contributed by atoms with Crippen molar-refractivity contribution < 1.29 is 23.1 Å². The average Bonchev–Trinajstić information content (AvgIpc) is 2.51. The summed E-state index contributed by atoms with van der Waals surface area (Å²) in [6, 6.07) is 13.9. The first-order valence-electron chi connectivity index (χ1n) is 6.85. The summed E-state index contributed by atoms with van der Waals surface area (Å²) in [6.07, 6.45) is -4.84. The SMILES string of the molecule is O=C(O)[C@H](Cc1ccccc1)N=C(c1ccccc1)C(F)(F)F.[KH]. The molecule has 0 aliphatic heterocycles.